The maximum atomic E-state index is 13.2. The zero-order valence-corrected chi connectivity index (χ0v) is 16.6. The molecule has 0 fully saturated rings. The molecule has 0 aromatic rings. The van der Waals surface area contributed by atoms with E-state index in [0.29, 0.717) is 0 Å². The molecule has 0 amide bonds. The Labute approximate surface area is 144 Å². The fourth-order valence-corrected chi connectivity index (χ4v) is 5.65. The summed E-state index contributed by atoms with van der Waals surface area (Å²) >= 11 is 0. The lowest BCUT2D eigenvalue weighted by Crippen LogP contribution is -2.05. The van der Waals surface area contributed by atoms with Gasteiger partial charge in [-0.15, -0.1) is 0 Å². The first-order valence-electron chi connectivity index (χ1n) is 9.48. The summed E-state index contributed by atoms with van der Waals surface area (Å²) in [4.78, 5) is 0. The van der Waals surface area contributed by atoms with Crippen LogP contribution in [0.25, 0.3) is 0 Å². The van der Waals surface area contributed by atoms with E-state index >= 15 is 0 Å². The van der Waals surface area contributed by atoms with Gasteiger partial charge in [-0.2, -0.15) is 0 Å². The highest BCUT2D eigenvalue weighted by Gasteiger charge is 2.20. The van der Waals surface area contributed by atoms with Crippen molar-refractivity contribution in [1.82, 2.24) is 0 Å². The molecule has 0 N–H and O–H groups in total. The molecule has 0 unspecified atom stereocenters. The lowest BCUT2D eigenvalue weighted by molar-refractivity contribution is 0.144. The molecule has 0 atom stereocenters. The SMILES string of the molecule is CCOCCCCP(=O)(CCCCOCC)CCCCOCC. The number of hydrogen-bond donors (Lipinski definition) is 0. The maximum absolute atomic E-state index is 13.2. The highest BCUT2D eigenvalue weighted by atomic mass is 31.2. The van der Waals surface area contributed by atoms with E-state index in [1.807, 2.05) is 20.8 Å². The van der Waals surface area contributed by atoms with E-state index in [1.165, 1.54) is 0 Å². The first kappa shape index (κ1) is 23.1. The van der Waals surface area contributed by atoms with E-state index in [-0.39, 0.29) is 0 Å². The summed E-state index contributed by atoms with van der Waals surface area (Å²) in [6.45, 7) is 10.7. The summed E-state index contributed by atoms with van der Waals surface area (Å²) in [5.41, 5.74) is 0. The quantitative estimate of drug-likeness (QED) is 0.263. The molecule has 0 aromatic heterocycles. The molecule has 0 saturated carbocycles. The molecule has 0 spiro atoms. The lowest BCUT2D eigenvalue weighted by Gasteiger charge is -2.18. The molecule has 0 aliphatic rings. The van der Waals surface area contributed by atoms with Crippen molar-refractivity contribution in [3.05, 3.63) is 0 Å². The Hall–Kier alpha value is 0.110. The summed E-state index contributed by atoms with van der Waals surface area (Å²) < 4.78 is 29.3. The van der Waals surface area contributed by atoms with Gasteiger partial charge in [0, 0.05) is 58.1 Å². The summed E-state index contributed by atoms with van der Waals surface area (Å²) in [6, 6.07) is 0. The average molecular weight is 350 g/mol. The number of unbranched alkanes of at least 4 members (excludes halogenated alkanes) is 3. The molecule has 23 heavy (non-hydrogen) atoms. The van der Waals surface area contributed by atoms with Crippen LogP contribution in [-0.2, 0) is 18.8 Å². The minimum atomic E-state index is -2.03. The summed E-state index contributed by atoms with van der Waals surface area (Å²) in [5, 5.41) is 0. The molecule has 0 aliphatic carbocycles. The minimum Gasteiger partial charge on any atom is -0.382 e. The Morgan fingerprint density at radius 1 is 0.565 bits per heavy atom. The number of hydrogen-bond acceptors (Lipinski definition) is 4. The van der Waals surface area contributed by atoms with Gasteiger partial charge in [0.1, 0.15) is 0 Å². The standard InChI is InChI=1S/C18H39O4P/c1-4-20-13-7-10-16-23(19,17-11-8-14-21-5-2)18-12-9-15-22-6-3/h4-18H2,1-3H3. The smallest absolute Gasteiger partial charge is 0.0877 e. The molecule has 0 radical (unpaired) electrons. The van der Waals surface area contributed by atoms with Gasteiger partial charge in [0.25, 0.3) is 0 Å². The zero-order chi connectivity index (χ0) is 17.2. The molecule has 140 valence electrons. The normalized spacial score (nSPS) is 12.0. The van der Waals surface area contributed by atoms with E-state index in [1.54, 1.807) is 0 Å². The zero-order valence-electron chi connectivity index (χ0n) is 15.7. The molecule has 0 heterocycles. The van der Waals surface area contributed by atoms with Crippen LogP contribution in [0.1, 0.15) is 59.3 Å². The van der Waals surface area contributed by atoms with E-state index in [9.17, 15) is 4.57 Å². The van der Waals surface area contributed by atoms with Crippen molar-refractivity contribution in [2.75, 3.05) is 58.1 Å². The third-order valence-corrected chi connectivity index (χ3v) is 7.32. The van der Waals surface area contributed by atoms with Crippen LogP contribution in [0.3, 0.4) is 0 Å². The fraction of sp³-hybridized carbons (Fsp3) is 1.00. The third-order valence-electron chi connectivity index (χ3n) is 3.93. The Kier molecular flexibility index (Phi) is 17.0. The third kappa shape index (κ3) is 15.4. The van der Waals surface area contributed by atoms with Crippen LogP contribution >= 0.6 is 7.14 Å². The van der Waals surface area contributed by atoms with Crippen LogP contribution in [0.4, 0.5) is 0 Å². The van der Waals surface area contributed by atoms with Crippen LogP contribution in [0, 0.1) is 0 Å². The molecule has 4 nitrogen and oxygen atoms in total. The van der Waals surface area contributed by atoms with Crippen LogP contribution in [0.15, 0.2) is 0 Å². The van der Waals surface area contributed by atoms with E-state index < -0.39 is 7.14 Å². The molecule has 5 heteroatoms. The van der Waals surface area contributed by atoms with Crippen LogP contribution in [0.2, 0.25) is 0 Å². The van der Waals surface area contributed by atoms with Crippen molar-refractivity contribution < 1.29 is 18.8 Å². The topological polar surface area (TPSA) is 44.8 Å². The second-order valence-electron chi connectivity index (χ2n) is 5.94. The molecule has 0 bridgehead atoms. The predicted molar refractivity (Wildman–Crippen MR) is 99.4 cm³/mol. The Morgan fingerprint density at radius 3 is 1.13 bits per heavy atom. The van der Waals surface area contributed by atoms with Crippen LogP contribution in [-0.4, -0.2) is 58.1 Å². The molecule has 0 aromatic carbocycles. The lowest BCUT2D eigenvalue weighted by atomic mass is 10.3. The van der Waals surface area contributed by atoms with Gasteiger partial charge in [0.15, 0.2) is 0 Å². The van der Waals surface area contributed by atoms with Crippen LogP contribution < -0.4 is 0 Å². The Morgan fingerprint density at radius 2 is 0.870 bits per heavy atom. The fourth-order valence-electron chi connectivity index (χ4n) is 2.58. The summed E-state index contributed by atoms with van der Waals surface area (Å²) in [5.74, 6) is 0. The first-order chi connectivity index (χ1) is 11.2. The van der Waals surface area contributed by atoms with Gasteiger partial charge in [-0.25, -0.2) is 0 Å². The largest absolute Gasteiger partial charge is 0.382 e. The predicted octanol–water partition coefficient (Wildman–Crippen LogP) is 4.80. The second-order valence-corrected chi connectivity index (χ2v) is 9.40. The van der Waals surface area contributed by atoms with Crippen LogP contribution in [0.5, 0.6) is 0 Å². The van der Waals surface area contributed by atoms with Gasteiger partial charge in [-0.3, -0.25) is 0 Å². The molecule has 0 rings (SSSR count). The number of rotatable bonds is 18. The Bertz CT molecular complexity index is 241. The maximum Gasteiger partial charge on any atom is 0.0877 e. The van der Waals surface area contributed by atoms with E-state index in [0.717, 1.165) is 96.7 Å². The molecule has 0 aliphatic heterocycles. The molecular formula is C18H39O4P. The van der Waals surface area contributed by atoms with E-state index in [2.05, 4.69) is 0 Å². The number of ether oxygens (including phenoxy) is 3. The minimum absolute atomic E-state index is 0.770. The van der Waals surface area contributed by atoms with E-state index in [4.69, 9.17) is 14.2 Å². The van der Waals surface area contributed by atoms with Gasteiger partial charge in [0.2, 0.25) is 0 Å². The van der Waals surface area contributed by atoms with Crippen molar-refractivity contribution in [1.29, 1.82) is 0 Å². The van der Waals surface area contributed by atoms with Crippen molar-refractivity contribution in [3.8, 4) is 0 Å². The second kappa shape index (κ2) is 17.0. The highest BCUT2D eigenvalue weighted by Crippen LogP contribution is 2.48. The van der Waals surface area contributed by atoms with Gasteiger partial charge < -0.3 is 18.8 Å². The van der Waals surface area contributed by atoms with Crippen molar-refractivity contribution in [3.63, 3.8) is 0 Å². The van der Waals surface area contributed by atoms with Gasteiger partial charge in [-0.05, 0) is 59.3 Å². The summed E-state index contributed by atoms with van der Waals surface area (Å²) in [7, 11) is -2.03. The van der Waals surface area contributed by atoms with Crippen molar-refractivity contribution >= 4 is 7.14 Å². The van der Waals surface area contributed by atoms with Crippen molar-refractivity contribution in [2.45, 2.75) is 59.3 Å². The Balaban J connectivity index is 4.03. The van der Waals surface area contributed by atoms with Gasteiger partial charge in [-0.1, -0.05) is 0 Å². The summed E-state index contributed by atoms with van der Waals surface area (Å²) in [6.07, 6.45) is 8.77. The average Bonchev–Trinajstić information content (AvgIpc) is 2.54. The monoisotopic (exact) mass is 350 g/mol. The first-order valence-corrected chi connectivity index (χ1v) is 11.7. The highest BCUT2D eigenvalue weighted by molar-refractivity contribution is 7.63. The van der Waals surface area contributed by atoms with Gasteiger partial charge in [0.05, 0.1) is 7.14 Å². The van der Waals surface area contributed by atoms with Crippen molar-refractivity contribution in [2.24, 2.45) is 0 Å². The molecule has 0 saturated heterocycles. The van der Waals surface area contributed by atoms with Gasteiger partial charge >= 0.3 is 0 Å². The molecular weight excluding hydrogens is 311 g/mol.